The molecule has 0 unspecified atom stereocenters. The molecule has 2 N–H and O–H groups in total. The number of fused-ring (bicyclic) bond motifs is 1. The summed E-state index contributed by atoms with van der Waals surface area (Å²) < 4.78 is 5.82. The Hall–Kier alpha value is -2.74. The maximum atomic E-state index is 12.8. The molecule has 0 saturated carbocycles. The lowest BCUT2D eigenvalue weighted by Gasteiger charge is -2.24. The number of hydrogen-bond acceptors (Lipinski definition) is 5. The van der Waals surface area contributed by atoms with Gasteiger partial charge in [-0.25, -0.2) is 4.98 Å². The summed E-state index contributed by atoms with van der Waals surface area (Å²) in [6, 6.07) is 5.57. The summed E-state index contributed by atoms with van der Waals surface area (Å²) >= 11 is 0. The maximum absolute atomic E-state index is 12.8. The number of aromatic amines is 2. The highest BCUT2D eigenvalue weighted by molar-refractivity contribution is 6.05. The number of nitrogens with zero attached hydrogens (tertiary/aromatic N) is 4. The molecule has 0 spiro atoms. The van der Waals surface area contributed by atoms with E-state index in [0.29, 0.717) is 18.7 Å². The second-order valence-corrected chi connectivity index (χ2v) is 6.00. The van der Waals surface area contributed by atoms with Crippen molar-refractivity contribution >= 4 is 16.8 Å². The van der Waals surface area contributed by atoms with E-state index >= 15 is 0 Å². The first kappa shape index (κ1) is 14.8. The molecule has 24 heavy (non-hydrogen) atoms. The van der Waals surface area contributed by atoms with Crippen molar-refractivity contribution < 1.29 is 9.53 Å². The van der Waals surface area contributed by atoms with Crippen molar-refractivity contribution in [3.8, 4) is 0 Å². The minimum absolute atomic E-state index is 0.0474. The molecule has 0 aliphatic carbocycles. The average Bonchev–Trinajstić information content (AvgIpc) is 3.33. The van der Waals surface area contributed by atoms with Crippen molar-refractivity contribution in [3.63, 3.8) is 0 Å². The van der Waals surface area contributed by atoms with Crippen LogP contribution in [0.3, 0.4) is 0 Å². The van der Waals surface area contributed by atoms with Crippen LogP contribution in [0, 0.1) is 0 Å². The van der Waals surface area contributed by atoms with Crippen LogP contribution in [-0.4, -0.2) is 62.5 Å². The van der Waals surface area contributed by atoms with Gasteiger partial charge in [-0.15, -0.1) is 0 Å². The SMILES string of the molecule is CN(C[C@H]1OCC[C@H]1c1ncn[nH]1)C(=O)c1cccc2[nH]ncc12. The summed E-state index contributed by atoms with van der Waals surface area (Å²) in [5, 5.41) is 14.5. The number of nitrogens with one attached hydrogen (secondary N) is 2. The third kappa shape index (κ3) is 2.54. The normalized spacial score (nSPS) is 20.5. The molecule has 8 heteroatoms. The van der Waals surface area contributed by atoms with Gasteiger partial charge in [-0.2, -0.15) is 10.2 Å². The Morgan fingerprint density at radius 2 is 2.29 bits per heavy atom. The summed E-state index contributed by atoms with van der Waals surface area (Å²) in [5.74, 6) is 0.900. The Labute approximate surface area is 138 Å². The van der Waals surface area contributed by atoms with Crippen LogP contribution >= 0.6 is 0 Å². The van der Waals surface area contributed by atoms with E-state index in [9.17, 15) is 4.79 Å². The summed E-state index contributed by atoms with van der Waals surface area (Å²) in [6.45, 7) is 1.16. The van der Waals surface area contributed by atoms with Gasteiger partial charge in [0.25, 0.3) is 5.91 Å². The first-order chi connectivity index (χ1) is 11.7. The van der Waals surface area contributed by atoms with E-state index in [2.05, 4.69) is 25.4 Å². The molecule has 0 radical (unpaired) electrons. The molecule has 1 aromatic carbocycles. The van der Waals surface area contributed by atoms with Gasteiger partial charge in [-0.3, -0.25) is 15.0 Å². The molecular formula is C16H18N6O2. The quantitative estimate of drug-likeness (QED) is 0.753. The van der Waals surface area contributed by atoms with Crippen molar-refractivity contribution in [1.29, 1.82) is 0 Å². The molecule has 8 nitrogen and oxygen atoms in total. The van der Waals surface area contributed by atoms with Crippen molar-refractivity contribution in [3.05, 3.63) is 42.1 Å². The Balaban J connectivity index is 1.52. The standard InChI is InChI=1S/C16H18N6O2/c1-22(8-14-11(5-6-24-14)15-17-9-19-21-15)16(23)10-3-2-4-13-12(10)7-18-20-13/h2-4,7,9,11,14H,5-6,8H2,1H3,(H,18,20)(H,17,19,21)/t11-,14-/m1/s1. The van der Waals surface area contributed by atoms with Crippen LogP contribution in [0.1, 0.15) is 28.5 Å². The summed E-state index contributed by atoms with van der Waals surface area (Å²) in [4.78, 5) is 18.8. The highest BCUT2D eigenvalue weighted by Gasteiger charge is 2.33. The fourth-order valence-electron chi connectivity index (χ4n) is 3.25. The zero-order valence-corrected chi connectivity index (χ0v) is 13.3. The predicted molar refractivity (Wildman–Crippen MR) is 86.5 cm³/mol. The van der Waals surface area contributed by atoms with Gasteiger partial charge in [0.15, 0.2) is 0 Å². The van der Waals surface area contributed by atoms with Crippen molar-refractivity contribution in [2.75, 3.05) is 20.2 Å². The zero-order chi connectivity index (χ0) is 16.5. The number of carbonyl (C=O) groups excluding carboxylic acids is 1. The molecule has 3 aromatic rings. The number of ether oxygens (including phenoxy) is 1. The summed E-state index contributed by atoms with van der Waals surface area (Å²) in [5.41, 5.74) is 1.49. The third-order valence-electron chi connectivity index (χ3n) is 4.51. The first-order valence-corrected chi connectivity index (χ1v) is 7.88. The van der Waals surface area contributed by atoms with E-state index in [1.807, 2.05) is 18.2 Å². The Bertz CT molecular complexity index is 843. The van der Waals surface area contributed by atoms with Crippen molar-refractivity contribution in [2.45, 2.75) is 18.4 Å². The van der Waals surface area contributed by atoms with Crippen LogP contribution in [0.15, 0.2) is 30.7 Å². The molecule has 1 aliphatic rings. The maximum Gasteiger partial charge on any atom is 0.254 e. The number of aromatic nitrogens is 5. The highest BCUT2D eigenvalue weighted by Crippen LogP contribution is 2.29. The summed E-state index contributed by atoms with van der Waals surface area (Å²) in [6.07, 6.45) is 3.97. The predicted octanol–water partition coefficient (Wildman–Crippen LogP) is 1.33. The van der Waals surface area contributed by atoms with Crippen LogP contribution in [0.25, 0.3) is 10.9 Å². The Kier molecular flexibility index (Phi) is 3.73. The number of carbonyl (C=O) groups is 1. The number of likely N-dealkylation sites (N-methyl/N-ethyl adjacent to an activating group) is 1. The lowest BCUT2D eigenvalue weighted by Crippen LogP contribution is -2.36. The number of rotatable bonds is 4. The van der Waals surface area contributed by atoms with Crippen LogP contribution in [-0.2, 0) is 4.74 Å². The van der Waals surface area contributed by atoms with Crippen LogP contribution in [0.5, 0.6) is 0 Å². The number of amides is 1. The fourth-order valence-corrected chi connectivity index (χ4v) is 3.25. The van der Waals surface area contributed by atoms with E-state index in [1.54, 1.807) is 18.1 Å². The summed E-state index contributed by atoms with van der Waals surface area (Å²) in [7, 11) is 1.79. The molecule has 2 aromatic heterocycles. The number of benzene rings is 1. The topological polar surface area (TPSA) is 99.8 Å². The van der Waals surface area contributed by atoms with Crippen molar-refractivity contribution in [1.82, 2.24) is 30.3 Å². The van der Waals surface area contributed by atoms with Crippen molar-refractivity contribution in [2.24, 2.45) is 0 Å². The Morgan fingerprint density at radius 1 is 1.38 bits per heavy atom. The van der Waals surface area contributed by atoms with Gasteiger partial charge < -0.3 is 9.64 Å². The zero-order valence-electron chi connectivity index (χ0n) is 13.3. The average molecular weight is 326 g/mol. The van der Waals surface area contributed by atoms with Crippen LogP contribution in [0.4, 0.5) is 0 Å². The lowest BCUT2D eigenvalue weighted by molar-refractivity contribution is 0.0551. The largest absolute Gasteiger partial charge is 0.376 e. The number of H-pyrrole nitrogens is 2. The van der Waals surface area contributed by atoms with E-state index in [0.717, 1.165) is 23.1 Å². The second-order valence-electron chi connectivity index (χ2n) is 6.00. The molecule has 1 amide bonds. The molecule has 3 heterocycles. The molecule has 0 bridgehead atoms. The van der Waals surface area contributed by atoms with Gasteiger partial charge >= 0.3 is 0 Å². The lowest BCUT2D eigenvalue weighted by atomic mass is 10.00. The highest BCUT2D eigenvalue weighted by atomic mass is 16.5. The minimum atomic E-state index is -0.0875. The second kappa shape index (κ2) is 6.04. The van der Waals surface area contributed by atoms with Gasteiger partial charge in [-0.1, -0.05) is 6.07 Å². The number of hydrogen-bond donors (Lipinski definition) is 2. The Morgan fingerprint density at radius 3 is 3.12 bits per heavy atom. The molecule has 1 aliphatic heterocycles. The molecule has 4 rings (SSSR count). The molecule has 124 valence electrons. The first-order valence-electron chi connectivity index (χ1n) is 7.88. The van der Waals surface area contributed by atoms with Crippen LogP contribution < -0.4 is 0 Å². The minimum Gasteiger partial charge on any atom is -0.376 e. The van der Waals surface area contributed by atoms with Gasteiger partial charge in [0.2, 0.25) is 0 Å². The van der Waals surface area contributed by atoms with E-state index < -0.39 is 0 Å². The van der Waals surface area contributed by atoms with E-state index in [4.69, 9.17) is 4.74 Å². The monoisotopic (exact) mass is 326 g/mol. The molecule has 1 fully saturated rings. The fraction of sp³-hybridized carbons (Fsp3) is 0.375. The van der Waals surface area contributed by atoms with E-state index in [-0.39, 0.29) is 17.9 Å². The smallest absolute Gasteiger partial charge is 0.254 e. The molecular weight excluding hydrogens is 308 g/mol. The van der Waals surface area contributed by atoms with Gasteiger partial charge in [0, 0.05) is 31.5 Å². The van der Waals surface area contributed by atoms with Crippen LogP contribution in [0.2, 0.25) is 0 Å². The molecule has 2 atom stereocenters. The van der Waals surface area contributed by atoms with Gasteiger partial charge in [0.1, 0.15) is 12.2 Å². The van der Waals surface area contributed by atoms with Gasteiger partial charge in [0.05, 0.1) is 23.4 Å². The van der Waals surface area contributed by atoms with E-state index in [1.165, 1.54) is 6.33 Å². The molecule has 1 saturated heterocycles. The third-order valence-corrected chi connectivity index (χ3v) is 4.51. The van der Waals surface area contributed by atoms with Gasteiger partial charge in [-0.05, 0) is 18.6 Å².